The standard InChI is InChI=1S/C37H26N2O/c1-37(2)30-20-8-6-14-24(30)26-16-10-18-28(34(26)37)31-22-32(39-36(38-31)23-12-4-3-5-13-23)29-19-11-17-27-25-15-7-9-21-33(25)40-35(27)29/h3-22H,1-2H3. The molecule has 0 N–H and O–H groups in total. The number of rotatable bonds is 3. The molecule has 1 aliphatic carbocycles. The summed E-state index contributed by atoms with van der Waals surface area (Å²) < 4.78 is 6.42. The molecule has 0 bridgehead atoms. The topological polar surface area (TPSA) is 38.9 Å². The van der Waals surface area contributed by atoms with E-state index in [-0.39, 0.29) is 5.41 Å². The van der Waals surface area contributed by atoms with Crippen molar-refractivity contribution in [3.8, 4) is 45.0 Å². The normalized spacial score (nSPS) is 13.4. The summed E-state index contributed by atoms with van der Waals surface area (Å²) in [6.07, 6.45) is 0. The van der Waals surface area contributed by atoms with E-state index in [4.69, 9.17) is 14.4 Å². The Kier molecular flexibility index (Phi) is 4.86. The molecule has 5 aromatic carbocycles. The lowest BCUT2D eigenvalue weighted by Gasteiger charge is -2.24. The fraction of sp³-hybridized carbons (Fsp3) is 0.0811. The van der Waals surface area contributed by atoms with E-state index in [1.807, 2.05) is 30.3 Å². The van der Waals surface area contributed by atoms with Crippen LogP contribution in [0.2, 0.25) is 0 Å². The maximum absolute atomic E-state index is 6.42. The van der Waals surface area contributed by atoms with Crippen LogP contribution in [0.1, 0.15) is 25.0 Å². The van der Waals surface area contributed by atoms with E-state index in [0.29, 0.717) is 5.82 Å². The molecule has 0 saturated carbocycles. The Morgan fingerprint density at radius 1 is 0.550 bits per heavy atom. The molecule has 3 heteroatoms. The first-order valence-corrected chi connectivity index (χ1v) is 13.7. The van der Waals surface area contributed by atoms with Crippen molar-refractivity contribution in [1.29, 1.82) is 0 Å². The lowest BCUT2D eigenvalue weighted by atomic mass is 9.79. The molecule has 7 aromatic rings. The summed E-state index contributed by atoms with van der Waals surface area (Å²) in [6, 6.07) is 42.2. The molecule has 2 heterocycles. The van der Waals surface area contributed by atoms with Crippen LogP contribution in [0.5, 0.6) is 0 Å². The molecule has 0 amide bonds. The number of hydrogen-bond donors (Lipinski definition) is 0. The van der Waals surface area contributed by atoms with Crippen molar-refractivity contribution < 1.29 is 4.42 Å². The van der Waals surface area contributed by atoms with Gasteiger partial charge in [-0.2, -0.15) is 0 Å². The second-order valence-electron chi connectivity index (χ2n) is 11.0. The van der Waals surface area contributed by atoms with Crippen molar-refractivity contribution in [2.45, 2.75) is 19.3 Å². The Morgan fingerprint density at radius 2 is 1.18 bits per heavy atom. The monoisotopic (exact) mass is 514 g/mol. The summed E-state index contributed by atoms with van der Waals surface area (Å²) in [5, 5.41) is 2.20. The van der Waals surface area contributed by atoms with Gasteiger partial charge in [0, 0.05) is 32.9 Å². The Morgan fingerprint density at radius 3 is 2.05 bits per heavy atom. The molecule has 0 saturated heterocycles. The van der Waals surface area contributed by atoms with Crippen molar-refractivity contribution in [1.82, 2.24) is 9.97 Å². The average Bonchev–Trinajstić information content (AvgIpc) is 3.50. The van der Waals surface area contributed by atoms with Crippen molar-refractivity contribution in [2.75, 3.05) is 0 Å². The first kappa shape index (κ1) is 22.9. The quantitative estimate of drug-likeness (QED) is 0.236. The number of fused-ring (bicyclic) bond motifs is 6. The van der Waals surface area contributed by atoms with E-state index >= 15 is 0 Å². The highest BCUT2D eigenvalue weighted by Gasteiger charge is 2.37. The number of aromatic nitrogens is 2. The molecule has 0 unspecified atom stereocenters. The molecule has 0 atom stereocenters. The van der Waals surface area contributed by atoms with Gasteiger partial charge in [0.05, 0.1) is 11.4 Å². The van der Waals surface area contributed by atoms with E-state index in [1.54, 1.807) is 0 Å². The van der Waals surface area contributed by atoms with Gasteiger partial charge in [0.1, 0.15) is 11.2 Å². The Labute approximate surface area is 232 Å². The maximum atomic E-state index is 6.42. The third-order valence-corrected chi connectivity index (χ3v) is 8.29. The first-order valence-electron chi connectivity index (χ1n) is 13.7. The fourth-order valence-electron chi connectivity index (χ4n) is 6.45. The zero-order valence-electron chi connectivity index (χ0n) is 22.3. The highest BCUT2D eigenvalue weighted by molar-refractivity contribution is 6.09. The minimum absolute atomic E-state index is 0.153. The lowest BCUT2D eigenvalue weighted by molar-refractivity contribution is 0.661. The van der Waals surface area contributed by atoms with Crippen LogP contribution in [0.15, 0.2) is 126 Å². The van der Waals surface area contributed by atoms with Gasteiger partial charge in [0.25, 0.3) is 0 Å². The summed E-state index contributed by atoms with van der Waals surface area (Å²) in [7, 11) is 0. The molecule has 8 rings (SSSR count). The molecule has 190 valence electrons. The van der Waals surface area contributed by atoms with Gasteiger partial charge in [-0.15, -0.1) is 0 Å². The lowest BCUT2D eigenvalue weighted by Crippen LogP contribution is -2.16. The zero-order valence-corrected chi connectivity index (χ0v) is 22.3. The summed E-state index contributed by atoms with van der Waals surface area (Å²) in [5.41, 5.74) is 11.6. The molecule has 0 aliphatic heterocycles. The van der Waals surface area contributed by atoms with Crippen LogP contribution >= 0.6 is 0 Å². The smallest absolute Gasteiger partial charge is 0.160 e. The number of benzene rings is 5. The number of para-hydroxylation sites is 2. The number of nitrogens with zero attached hydrogens (tertiary/aromatic N) is 2. The highest BCUT2D eigenvalue weighted by atomic mass is 16.3. The molecular weight excluding hydrogens is 488 g/mol. The Balaban J connectivity index is 1.41. The van der Waals surface area contributed by atoms with Gasteiger partial charge in [-0.1, -0.05) is 117 Å². The third kappa shape index (κ3) is 3.31. The summed E-state index contributed by atoms with van der Waals surface area (Å²) >= 11 is 0. The van der Waals surface area contributed by atoms with Gasteiger partial charge >= 0.3 is 0 Å². The van der Waals surface area contributed by atoms with E-state index in [0.717, 1.165) is 50.0 Å². The predicted molar refractivity (Wildman–Crippen MR) is 163 cm³/mol. The van der Waals surface area contributed by atoms with Gasteiger partial charge in [-0.25, -0.2) is 9.97 Å². The van der Waals surface area contributed by atoms with E-state index in [1.165, 1.54) is 22.3 Å². The maximum Gasteiger partial charge on any atom is 0.160 e. The van der Waals surface area contributed by atoms with E-state index < -0.39 is 0 Å². The average molecular weight is 515 g/mol. The predicted octanol–water partition coefficient (Wildman–Crippen LogP) is 9.68. The molecule has 0 radical (unpaired) electrons. The molecule has 2 aromatic heterocycles. The van der Waals surface area contributed by atoms with Crippen LogP contribution in [0.25, 0.3) is 67.0 Å². The largest absolute Gasteiger partial charge is 0.455 e. The summed E-state index contributed by atoms with van der Waals surface area (Å²) in [5.74, 6) is 0.701. The van der Waals surface area contributed by atoms with Crippen molar-refractivity contribution >= 4 is 21.9 Å². The zero-order chi connectivity index (χ0) is 26.8. The highest BCUT2D eigenvalue weighted by Crippen LogP contribution is 2.52. The number of hydrogen-bond acceptors (Lipinski definition) is 3. The Bertz CT molecular complexity index is 2090. The third-order valence-electron chi connectivity index (χ3n) is 8.29. The molecule has 40 heavy (non-hydrogen) atoms. The second kappa shape index (κ2) is 8.49. The van der Waals surface area contributed by atoms with Gasteiger partial charge in [-0.3, -0.25) is 0 Å². The first-order chi connectivity index (χ1) is 19.6. The molecular formula is C37H26N2O. The van der Waals surface area contributed by atoms with Gasteiger partial charge in [0.2, 0.25) is 0 Å². The van der Waals surface area contributed by atoms with Crippen LogP contribution in [-0.2, 0) is 5.41 Å². The van der Waals surface area contributed by atoms with Gasteiger partial charge < -0.3 is 4.42 Å². The fourth-order valence-corrected chi connectivity index (χ4v) is 6.45. The summed E-state index contributed by atoms with van der Waals surface area (Å²) in [6.45, 7) is 4.63. The molecule has 3 nitrogen and oxygen atoms in total. The molecule has 0 spiro atoms. The number of furan rings is 1. The minimum Gasteiger partial charge on any atom is -0.455 e. The van der Waals surface area contributed by atoms with Crippen molar-refractivity contribution in [3.63, 3.8) is 0 Å². The van der Waals surface area contributed by atoms with E-state index in [2.05, 4.69) is 105 Å². The summed E-state index contributed by atoms with van der Waals surface area (Å²) in [4.78, 5) is 10.3. The van der Waals surface area contributed by atoms with Crippen LogP contribution in [0.4, 0.5) is 0 Å². The molecule has 0 fully saturated rings. The Hall–Kier alpha value is -5.02. The van der Waals surface area contributed by atoms with E-state index in [9.17, 15) is 0 Å². The SMILES string of the molecule is CC1(C)c2ccccc2-c2cccc(-c3cc(-c4cccc5c4oc4ccccc45)nc(-c4ccccc4)n3)c21. The van der Waals surface area contributed by atoms with Crippen LogP contribution < -0.4 is 0 Å². The van der Waals surface area contributed by atoms with Crippen molar-refractivity contribution in [3.05, 3.63) is 132 Å². The minimum atomic E-state index is -0.153. The second-order valence-corrected chi connectivity index (χ2v) is 11.0. The van der Waals surface area contributed by atoms with Gasteiger partial charge in [-0.05, 0) is 40.5 Å². The van der Waals surface area contributed by atoms with Gasteiger partial charge in [0.15, 0.2) is 5.82 Å². The molecule has 1 aliphatic rings. The van der Waals surface area contributed by atoms with Crippen LogP contribution in [0.3, 0.4) is 0 Å². The van der Waals surface area contributed by atoms with Crippen LogP contribution in [0, 0.1) is 0 Å². The van der Waals surface area contributed by atoms with Crippen LogP contribution in [-0.4, -0.2) is 9.97 Å². The van der Waals surface area contributed by atoms with Crippen molar-refractivity contribution in [2.24, 2.45) is 0 Å².